The third kappa shape index (κ3) is 6.10. The Labute approximate surface area is 208 Å². The summed E-state index contributed by atoms with van der Waals surface area (Å²) in [6.45, 7) is 14.0. The van der Waals surface area contributed by atoms with Crippen LogP contribution in [0.3, 0.4) is 0 Å². The largest absolute Gasteiger partial charge is 0.331 e. The Hall–Kier alpha value is -2.73. The second-order valence-corrected chi connectivity index (χ2v) is 10.7. The van der Waals surface area contributed by atoms with E-state index >= 15 is 0 Å². The minimum absolute atomic E-state index is 0.158. The molecule has 35 heavy (non-hydrogen) atoms. The van der Waals surface area contributed by atoms with Gasteiger partial charge in [-0.15, -0.1) is 0 Å². The van der Waals surface area contributed by atoms with Gasteiger partial charge < -0.3 is 9.47 Å². The zero-order valence-corrected chi connectivity index (χ0v) is 21.7. The van der Waals surface area contributed by atoms with Crippen molar-refractivity contribution in [2.24, 2.45) is 5.41 Å². The van der Waals surface area contributed by atoms with E-state index in [9.17, 15) is 9.18 Å². The van der Waals surface area contributed by atoms with Crippen molar-refractivity contribution in [2.75, 3.05) is 19.6 Å². The van der Waals surface area contributed by atoms with E-state index in [0.717, 1.165) is 55.9 Å². The van der Waals surface area contributed by atoms with Crippen LogP contribution in [0, 0.1) is 11.2 Å². The van der Waals surface area contributed by atoms with Gasteiger partial charge in [0.15, 0.2) is 0 Å². The minimum Gasteiger partial charge on any atom is -0.331 e. The highest BCUT2D eigenvalue weighted by atomic mass is 19.1. The summed E-state index contributed by atoms with van der Waals surface area (Å²) in [5.74, 6) is 0.335. The van der Waals surface area contributed by atoms with Gasteiger partial charge in [0, 0.05) is 31.7 Å². The molecule has 5 nitrogen and oxygen atoms in total. The van der Waals surface area contributed by atoms with Crippen molar-refractivity contribution in [1.29, 1.82) is 0 Å². The number of nitrogens with zero attached hydrogens (tertiary/aromatic N) is 4. The molecular formula is C29H39FN4O. The maximum Gasteiger partial charge on any atom is 0.254 e. The van der Waals surface area contributed by atoms with Crippen LogP contribution in [0.4, 0.5) is 4.39 Å². The summed E-state index contributed by atoms with van der Waals surface area (Å²) >= 11 is 0. The number of hydrogen-bond donors (Lipinski definition) is 0. The van der Waals surface area contributed by atoms with Gasteiger partial charge in [0.05, 0.1) is 17.6 Å². The van der Waals surface area contributed by atoms with E-state index < -0.39 is 5.82 Å². The second-order valence-electron chi connectivity index (χ2n) is 10.7. The molecule has 4 rings (SSSR count). The molecule has 1 saturated heterocycles. The Morgan fingerprint density at radius 2 is 1.97 bits per heavy atom. The van der Waals surface area contributed by atoms with Gasteiger partial charge in [-0.1, -0.05) is 39.8 Å². The standard InChI is InChI=1S/C29H39FN4O/c1-5-14-33(28(35)23-9-7-10-24(30)18-23)20-27-31-25-17-22(11-12-26(25)34(27)15-6-2)19-32-16-8-13-29(3,4)21-32/h7,9-12,17-18H,5-6,8,13-16,19-21H2,1-4H3. The van der Waals surface area contributed by atoms with E-state index in [1.54, 1.807) is 17.0 Å². The summed E-state index contributed by atoms with van der Waals surface area (Å²) in [5.41, 5.74) is 4.12. The van der Waals surface area contributed by atoms with Crippen LogP contribution < -0.4 is 0 Å². The van der Waals surface area contributed by atoms with Crippen molar-refractivity contribution in [1.82, 2.24) is 19.4 Å². The first-order valence-electron chi connectivity index (χ1n) is 13.0. The molecule has 0 spiro atoms. The minimum atomic E-state index is -0.393. The Morgan fingerprint density at radius 3 is 2.69 bits per heavy atom. The number of carbonyl (C=O) groups is 1. The van der Waals surface area contributed by atoms with Gasteiger partial charge in [0.25, 0.3) is 5.91 Å². The Balaban J connectivity index is 1.60. The molecule has 0 radical (unpaired) electrons. The van der Waals surface area contributed by atoms with Crippen molar-refractivity contribution in [3.05, 3.63) is 65.2 Å². The molecule has 0 N–H and O–H groups in total. The van der Waals surface area contributed by atoms with Crippen molar-refractivity contribution >= 4 is 16.9 Å². The summed E-state index contributed by atoms with van der Waals surface area (Å²) < 4.78 is 16.0. The third-order valence-corrected chi connectivity index (χ3v) is 6.91. The first kappa shape index (κ1) is 25.4. The SMILES string of the molecule is CCCN(Cc1nc2cc(CN3CCCC(C)(C)C3)ccc2n1CCC)C(=O)c1cccc(F)c1. The van der Waals surface area contributed by atoms with Crippen LogP contribution in [0.5, 0.6) is 0 Å². The molecule has 2 aromatic carbocycles. The lowest BCUT2D eigenvalue weighted by molar-refractivity contribution is 0.0736. The molecule has 0 unspecified atom stereocenters. The predicted molar refractivity (Wildman–Crippen MR) is 140 cm³/mol. The number of likely N-dealkylation sites (tertiary alicyclic amines) is 1. The first-order chi connectivity index (χ1) is 16.8. The maximum atomic E-state index is 13.8. The third-order valence-electron chi connectivity index (χ3n) is 6.91. The van der Waals surface area contributed by atoms with Gasteiger partial charge in [0.1, 0.15) is 11.6 Å². The van der Waals surface area contributed by atoms with Crippen LogP contribution in [-0.2, 0) is 19.6 Å². The summed E-state index contributed by atoms with van der Waals surface area (Å²) in [4.78, 5) is 22.6. The second kappa shape index (κ2) is 10.9. The fraction of sp³-hybridized carbons (Fsp3) is 0.517. The van der Waals surface area contributed by atoms with Crippen LogP contribution in [0.1, 0.15) is 75.1 Å². The molecule has 1 fully saturated rings. The molecule has 1 amide bonds. The molecule has 1 aliphatic heterocycles. The smallest absolute Gasteiger partial charge is 0.254 e. The van der Waals surface area contributed by atoms with Crippen LogP contribution >= 0.6 is 0 Å². The van der Waals surface area contributed by atoms with E-state index in [4.69, 9.17) is 4.98 Å². The quantitative estimate of drug-likeness (QED) is 0.364. The highest BCUT2D eigenvalue weighted by Crippen LogP contribution is 2.30. The zero-order valence-electron chi connectivity index (χ0n) is 21.7. The predicted octanol–water partition coefficient (Wildman–Crippen LogP) is 6.26. The fourth-order valence-corrected chi connectivity index (χ4v) is 5.35. The summed E-state index contributed by atoms with van der Waals surface area (Å²) in [6, 6.07) is 12.6. The topological polar surface area (TPSA) is 41.4 Å². The molecule has 0 atom stereocenters. The van der Waals surface area contributed by atoms with E-state index in [0.29, 0.717) is 24.1 Å². The molecule has 1 aromatic heterocycles. The summed E-state index contributed by atoms with van der Waals surface area (Å²) in [5, 5.41) is 0. The number of hydrogen-bond acceptors (Lipinski definition) is 3. The number of imidazole rings is 1. The molecule has 3 aromatic rings. The number of aromatic nitrogens is 2. The number of aryl methyl sites for hydroxylation is 1. The fourth-order valence-electron chi connectivity index (χ4n) is 5.35. The average Bonchev–Trinajstić information content (AvgIpc) is 3.14. The van der Waals surface area contributed by atoms with Gasteiger partial charge in [-0.3, -0.25) is 9.69 Å². The highest BCUT2D eigenvalue weighted by Gasteiger charge is 2.26. The molecule has 6 heteroatoms. The van der Waals surface area contributed by atoms with Crippen molar-refractivity contribution in [2.45, 2.75) is 73.0 Å². The Morgan fingerprint density at radius 1 is 1.14 bits per heavy atom. The van der Waals surface area contributed by atoms with Crippen molar-refractivity contribution < 1.29 is 9.18 Å². The number of piperidine rings is 1. The van der Waals surface area contributed by atoms with Crippen LogP contribution in [-0.4, -0.2) is 44.9 Å². The van der Waals surface area contributed by atoms with Gasteiger partial charge >= 0.3 is 0 Å². The van der Waals surface area contributed by atoms with E-state index in [1.165, 1.54) is 30.5 Å². The number of carbonyl (C=O) groups excluding carboxylic acids is 1. The average molecular weight is 479 g/mol. The summed E-state index contributed by atoms with van der Waals surface area (Å²) in [7, 11) is 0. The number of rotatable bonds is 9. The number of benzene rings is 2. The number of amides is 1. The molecule has 1 aliphatic rings. The van der Waals surface area contributed by atoms with E-state index in [-0.39, 0.29) is 5.91 Å². The molecule has 188 valence electrons. The monoisotopic (exact) mass is 478 g/mol. The molecule has 0 saturated carbocycles. The van der Waals surface area contributed by atoms with E-state index in [2.05, 4.69) is 55.4 Å². The zero-order chi connectivity index (χ0) is 25.0. The van der Waals surface area contributed by atoms with Crippen molar-refractivity contribution in [3.8, 4) is 0 Å². The molecule has 0 aliphatic carbocycles. The lowest BCUT2D eigenvalue weighted by Gasteiger charge is -2.38. The van der Waals surface area contributed by atoms with Crippen LogP contribution in [0.25, 0.3) is 11.0 Å². The molecule has 0 bridgehead atoms. The lowest BCUT2D eigenvalue weighted by Crippen LogP contribution is -2.39. The summed E-state index contributed by atoms with van der Waals surface area (Å²) in [6.07, 6.45) is 4.34. The first-order valence-corrected chi connectivity index (χ1v) is 13.0. The van der Waals surface area contributed by atoms with Crippen molar-refractivity contribution in [3.63, 3.8) is 0 Å². The van der Waals surface area contributed by atoms with Gasteiger partial charge in [-0.2, -0.15) is 0 Å². The number of halogens is 1. The molecular weight excluding hydrogens is 439 g/mol. The Bertz CT molecular complexity index is 1170. The number of fused-ring (bicyclic) bond motifs is 1. The maximum absolute atomic E-state index is 13.8. The van der Waals surface area contributed by atoms with Gasteiger partial charge in [-0.25, -0.2) is 9.37 Å². The normalized spacial score (nSPS) is 16.0. The van der Waals surface area contributed by atoms with Crippen LogP contribution in [0.15, 0.2) is 42.5 Å². The highest BCUT2D eigenvalue weighted by molar-refractivity contribution is 5.94. The van der Waals surface area contributed by atoms with Crippen LogP contribution in [0.2, 0.25) is 0 Å². The van der Waals surface area contributed by atoms with E-state index in [1.807, 2.05) is 0 Å². The van der Waals surface area contributed by atoms with Gasteiger partial charge in [-0.05, 0) is 73.5 Å². The molecule has 2 heterocycles. The van der Waals surface area contributed by atoms with Gasteiger partial charge in [0.2, 0.25) is 0 Å². The Kier molecular flexibility index (Phi) is 7.90. The lowest BCUT2D eigenvalue weighted by atomic mass is 9.84.